The lowest BCUT2D eigenvalue weighted by atomic mass is 10.1. The van der Waals surface area contributed by atoms with Crippen LogP contribution in [-0.2, 0) is 4.74 Å². The second kappa shape index (κ2) is 19.1. The Morgan fingerprint density at radius 3 is 2.11 bits per heavy atom. The number of amides is 1. The number of hydrogen-bond donors (Lipinski definition) is 1. The van der Waals surface area contributed by atoms with Gasteiger partial charge >= 0.3 is 6.09 Å². The molecule has 0 saturated heterocycles. The lowest BCUT2D eigenvalue weighted by Crippen LogP contribution is -2.25. The molecule has 0 radical (unpaired) electrons. The van der Waals surface area contributed by atoms with Crippen molar-refractivity contribution >= 4 is 6.09 Å². The van der Waals surface area contributed by atoms with E-state index in [4.69, 9.17) is 4.74 Å². The molecule has 0 aliphatic rings. The van der Waals surface area contributed by atoms with E-state index >= 15 is 0 Å². The summed E-state index contributed by atoms with van der Waals surface area (Å²) in [6, 6.07) is 0. The largest absolute Gasteiger partial charge is 0.450 e. The van der Waals surface area contributed by atoms with Crippen LogP contribution in [0, 0.1) is 5.92 Å². The molecule has 0 atom stereocenters. The van der Waals surface area contributed by atoms with E-state index in [1.165, 1.54) is 0 Å². The highest BCUT2D eigenvalue weighted by atomic mass is 16.5. The normalized spacial score (nSPS) is 10.3. The Morgan fingerprint density at radius 1 is 1.21 bits per heavy atom. The predicted octanol–water partition coefficient (Wildman–Crippen LogP) is 4.94. The molecule has 3 nitrogen and oxygen atoms in total. The summed E-state index contributed by atoms with van der Waals surface area (Å²) in [6.45, 7) is 16.9. The lowest BCUT2D eigenvalue weighted by Gasteiger charge is -2.05. The van der Waals surface area contributed by atoms with E-state index < -0.39 is 0 Å². The molecule has 0 aromatic heterocycles. The smallest absolute Gasteiger partial charge is 0.407 e. The fourth-order valence-corrected chi connectivity index (χ4v) is 0.930. The fourth-order valence-electron chi connectivity index (χ4n) is 0.930. The van der Waals surface area contributed by atoms with Crippen molar-refractivity contribution < 1.29 is 9.53 Å². The van der Waals surface area contributed by atoms with Gasteiger partial charge in [0.05, 0.1) is 6.61 Å². The molecule has 0 spiro atoms. The molecule has 0 bridgehead atoms. The minimum atomic E-state index is -0.366. The van der Waals surface area contributed by atoms with E-state index in [0.717, 1.165) is 5.57 Å². The van der Waals surface area contributed by atoms with Crippen LogP contribution in [0.25, 0.3) is 0 Å². The Morgan fingerprint density at radius 2 is 1.74 bits per heavy atom. The number of alkyl carbamates (subject to hydrolysis) is 1. The van der Waals surface area contributed by atoms with E-state index in [2.05, 4.69) is 25.2 Å². The maximum atomic E-state index is 11.0. The maximum Gasteiger partial charge on any atom is 0.407 e. The summed E-state index contributed by atoms with van der Waals surface area (Å²) in [6.07, 6.45) is 5.74. The second-order valence-corrected chi connectivity index (χ2v) is 3.54. The Balaban J connectivity index is -0.000000579. The summed E-state index contributed by atoms with van der Waals surface area (Å²) in [7, 11) is 0. The van der Waals surface area contributed by atoms with E-state index in [1.54, 1.807) is 6.92 Å². The van der Waals surface area contributed by atoms with Gasteiger partial charge in [-0.3, -0.25) is 0 Å². The first-order valence-electron chi connectivity index (χ1n) is 7.34. The van der Waals surface area contributed by atoms with Crippen molar-refractivity contribution in [1.29, 1.82) is 0 Å². The van der Waals surface area contributed by atoms with Crippen LogP contribution in [-0.4, -0.2) is 19.2 Å². The highest BCUT2D eigenvalue weighted by molar-refractivity contribution is 5.67. The third-order valence-electron chi connectivity index (χ3n) is 1.78. The second-order valence-electron chi connectivity index (χ2n) is 3.54. The van der Waals surface area contributed by atoms with E-state index in [0.29, 0.717) is 19.1 Å². The third kappa shape index (κ3) is 19.3. The molecule has 0 aliphatic heterocycles. The minimum Gasteiger partial charge on any atom is -0.450 e. The van der Waals surface area contributed by atoms with Gasteiger partial charge in [-0.2, -0.15) is 0 Å². The molecule has 0 fully saturated rings. The number of carbonyl (C=O) groups is 1. The van der Waals surface area contributed by atoms with Crippen molar-refractivity contribution in [3.05, 3.63) is 23.8 Å². The molecule has 0 heterocycles. The van der Waals surface area contributed by atoms with Crippen LogP contribution in [0.2, 0.25) is 0 Å². The van der Waals surface area contributed by atoms with Crippen molar-refractivity contribution in [3.63, 3.8) is 0 Å². The van der Waals surface area contributed by atoms with Crippen molar-refractivity contribution in [2.24, 2.45) is 5.92 Å². The van der Waals surface area contributed by atoms with E-state index in [1.807, 2.05) is 46.8 Å². The number of rotatable bonds is 5. The van der Waals surface area contributed by atoms with Gasteiger partial charge in [0.15, 0.2) is 0 Å². The fraction of sp³-hybridized carbons (Fsp3) is 0.688. The summed E-state index contributed by atoms with van der Waals surface area (Å²) in [4.78, 5) is 11.0. The van der Waals surface area contributed by atoms with E-state index in [9.17, 15) is 4.79 Å². The van der Waals surface area contributed by atoms with Crippen LogP contribution in [0.3, 0.4) is 0 Å². The molecule has 0 aromatic rings. The molecular formula is C16H33NO2. The zero-order valence-corrected chi connectivity index (χ0v) is 14.0. The Bertz CT molecular complexity index is 243. The number of carbonyl (C=O) groups excluding carboxylic acids is 1. The predicted molar refractivity (Wildman–Crippen MR) is 85.5 cm³/mol. The van der Waals surface area contributed by atoms with Gasteiger partial charge in [0.25, 0.3) is 0 Å². The monoisotopic (exact) mass is 271 g/mol. The SMILES string of the molecule is C/C=C(\C=C/C(C)C)CNC(=O)OCC.CC.CC. The van der Waals surface area contributed by atoms with Crippen LogP contribution in [0.15, 0.2) is 23.8 Å². The summed E-state index contributed by atoms with van der Waals surface area (Å²) in [5, 5.41) is 2.68. The average Bonchev–Trinajstić information content (AvgIpc) is 2.43. The van der Waals surface area contributed by atoms with Gasteiger partial charge in [0.1, 0.15) is 0 Å². The van der Waals surface area contributed by atoms with Gasteiger partial charge in [0.2, 0.25) is 0 Å². The Labute approximate surface area is 120 Å². The molecule has 19 heavy (non-hydrogen) atoms. The molecule has 0 aliphatic carbocycles. The first-order chi connectivity index (χ1) is 9.10. The molecule has 0 saturated carbocycles. The Kier molecular flexibility index (Phi) is 23.0. The summed E-state index contributed by atoms with van der Waals surface area (Å²) in [5.74, 6) is 0.516. The van der Waals surface area contributed by atoms with Gasteiger partial charge < -0.3 is 10.1 Å². The molecule has 1 amide bonds. The highest BCUT2D eigenvalue weighted by Gasteiger charge is 1.99. The number of allylic oxidation sites excluding steroid dienone is 2. The summed E-state index contributed by atoms with van der Waals surface area (Å²) < 4.78 is 4.76. The van der Waals surface area contributed by atoms with Crippen molar-refractivity contribution in [2.75, 3.05) is 13.2 Å². The van der Waals surface area contributed by atoms with Crippen LogP contribution >= 0.6 is 0 Å². The molecule has 0 aromatic carbocycles. The molecule has 1 N–H and O–H groups in total. The average molecular weight is 271 g/mol. The maximum absolute atomic E-state index is 11.0. The zero-order valence-electron chi connectivity index (χ0n) is 14.0. The number of hydrogen-bond acceptors (Lipinski definition) is 2. The van der Waals surface area contributed by atoms with Crippen LogP contribution in [0.1, 0.15) is 55.4 Å². The topological polar surface area (TPSA) is 38.3 Å². The minimum absolute atomic E-state index is 0.366. The molecular weight excluding hydrogens is 238 g/mol. The molecule has 3 heteroatoms. The quantitative estimate of drug-likeness (QED) is 0.719. The summed E-state index contributed by atoms with van der Waals surface area (Å²) >= 11 is 0. The van der Waals surface area contributed by atoms with Gasteiger partial charge in [-0.25, -0.2) is 4.79 Å². The molecule has 114 valence electrons. The number of ether oxygens (including phenoxy) is 1. The van der Waals surface area contributed by atoms with Crippen molar-refractivity contribution in [1.82, 2.24) is 5.32 Å². The lowest BCUT2D eigenvalue weighted by molar-refractivity contribution is 0.153. The van der Waals surface area contributed by atoms with Crippen LogP contribution in [0.5, 0.6) is 0 Å². The highest BCUT2D eigenvalue weighted by Crippen LogP contribution is 2.00. The first-order valence-corrected chi connectivity index (χ1v) is 7.34. The van der Waals surface area contributed by atoms with Gasteiger partial charge in [-0.15, -0.1) is 0 Å². The zero-order chi connectivity index (χ0) is 15.7. The first kappa shape index (κ1) is 22.9. The number of nitrogens with one attached hydrogen (secondary N) is 1. The Hall–Kier alpha value is -1.25. The van der Waals surface area contributed by atoms with Crippen molar-refractivity contribution in [2.45, 2.75) is 55.4 Å². The van der Waals surface area contributed by atoms with Crippen LogP contribution < -0.4 is 5.32 Å². The van der Waals surface area contributed by atoms with Crippen LogP contribution in [0.4, 0.5) is 4.79 Å². The van der Waals surface area contributed by atoms with E-state index in [-0.39, 0.29) is 6.09 Å². The summed E-state index contributed by atoms with van der Waals surface area (Å²) in [5.41, 5.74) is 1.08. The third-order valence-corrected chi connectivity index (χ3v) is 1.78. The molecule has 0 rings (SSSR count). The van der Waals surface area contributed by atoms with Gasteiger partial charge in [-0.1, -0.05) is 59.8 Å². The molecule has 0 unspecified atom stereocenters. The standard InChI is InChI=1S/C12H21NO2.2C2H6/c1-5-11(8-7-10(3)4)9-13-12(14)15-6-2;2*1-2/h5,7-8,10H,6,9H2,1-4H3,(H,13,14);2*1-2H3/b8-7-,11-5+;;. The van der Waals surface area contributed by atoms with Gasteiger partial charge in [-0.05, 0) is 25.3 Å². The van der Waals surface area contributed by atoms with Crippen molar-refractivity contribution in [3.8, 4) is 0 Å². The van der Waals surface area contributed by atoms with Gasteiger partial charge in [0, 0.05) is 6.54 Å².